The number of methoxy groups -OCH3 is 1. The Morgan fingerprint density at radius 3 is 2.33 bits per heavy atom. The first kappa shape index (κ1) is 18.8. The number of ether oxygens (including phenoxy) is 1. The van der Waals surface area contributed by atoms with Crippen molar-refractivity contribution in [1.82, 2.24) is 20.9 Å². The van der Waals surface area contributed by atoms with Gasteiger partial charge in [-0.15, -0.1) is 0 Å². The van der Waals surface area contributed by atoms with Gasteiger partial charge in [-0.25, -0.2) is 9.59 Å². The Balaban J connectivity index is 1.60. The first-order chi connectivity index (χ1) is 11.7. The van der Waals surface area contributed by atoms with E-state index in [-0.39, 0.29) is 18.1 Å². The molecule has 1 heterocycles. The molecule has 138 valence electrons. The number of hydrogen-bond donors (Lipinski definition) is 3. The van der Waals surface area contributed by atoms with Crippen molar-refractivity contribution < 1.29 is 14.3 Å². The Morgan fingerprint density at radius 1 is 1.00 bits per heavy atom. The molecule has 0 unspecified atom stereocenters. The lowest BCUT2D eigenvalue weighted by Crippen LogP contribution is -2.52. The van der Waals surface area contributed by atoms with Crippen LogP contribution in [0.25, 0.3) is 0 Å². The molecule has 1 aliphatic heterocycles. The molecule has 0 aromatic rings. The number of urea groups is 2. The smallest absolute Gasteiger partial charge is 0.317 e. The summed E-state index contributed by atoms with van der Waals surface area (Å²) >= 11 is 0. The van der Waals surface area contributed by atoms with E-state index in [1.54, 1.807) is 7.11 Å². The predicted octanol–water partition coefficient (Wildman–Crippen LogP) is 1.83. The van der Waals surface area contributed by atoms with E-state index in [9.17, 15) is 9.59 Å². The third kappa shape index (κ3) is 6.55. The zero-order valence-electron chi connectivity index (χ0n) is 14.8. The largest absolute Gasteiger partial charge is 0.385 e. The van der Waals surface area contributed by atoms with Crippen LogP contribution in [-0.2, 0) is 4.74 Å². The van der Waals surface area contributed by atoms with Crippen LogP contribution in [0.15, 0.2) is 0 Å². The van der Waals surface area contributed by atoms with Gasteiger partial charge >= 0.3 is 12.1 Å². The molecule has 2 rings (SSSR count). The lowest BCUT2D eigenvalue weighted by molar-refractivity contribution is 0.169. The van der Waals surface area contributed by atoms with Crippen LogP contribution in [0.1, 0.15) is 51.4 Å². The predicted molar refractivity (Wildman–Crippen MR) is 93.0 cm³/mol. The van der Waals surface area contributed by atoms with Gasteiger partial charge in [0, 0.05) is 45.4 Å². The molecule has 1 saturated heterocycles. The topological polar surface area (TPSA) is 82.7 Å². The third-order valence-corrected chi connectivity index (χ3v) is 4.86. The molecule has 0 atom stereocenters. The zero-order chi connectivity index (χ0) is 17.2. The summed E-state index contributed by atoms with van der Waals surface area (Å²) in [7, 11) is 1.65. The summed E-state index contributed by atoms with van der Waals surface area (Å²) < 4.78 is 4.95. The fraction of sp³-hybridized carbons (Fsp3) is 0.882. The monoisotopic (exact) mass is 340 g/mol. The van der Waals surface area contributed by atoms with Gasteiger partial charge < -0.3 is 25.6 Å². The Labute approximate surface area is 144 Å². The minimum Gasteiger partial charge on any atom is -0.385 e. The number of carbonyl (C=O) groups excluding carboxylic acids is 2. The van der Waals surface area contributed by atoms with Gasteiger partial charge in [-0.2, -0.15) is 0 Å². The summed E-state index contributed by atoms with van der Waals surface area (Å²) in [4.78, 5) is 26.0. The molecule has 0 aromatic heterocycles. The van der Waals surface area contributed by atoms with Gasteiger partial charge in [0.1, 0.15) is 0 Å². The maximum Gasteiger partial charge on any atom is 0.317 e. The fourth-order valence-corrected chi connectivity index (χ4v) is 3.39. The van der Waals surface area contributed by atoms with E-state index in [0.29, 0.717) is 32.3 Å². The molecule has 0 radical (unpaired) electrons. The molecule has 1 aliphatic carbocycles. The highest BCUT2D eigenvalue weighted by molar-refractivity contribution is 5.75. The third-order valence-electron chi connectivity index (χ3n) is 4.86. The van der Waals surface area contributed by atoms with Crippen molar-refractivity contribution in [3.05, 3.63) is 0 Å². The Hall–Kier alpha value is -1.50. The van der Waals surface area contributed by atoms with Crippen molar-refractivity contribution in [3.8, 4) is 0 Å². The van der Waals surface area contributed by atoms with Crippen molar-refractivity contribution in [2.45, 2.75) is 63.5 Å². The van der Waals surface area contributed by atoms with Crippen LogP contribution in [0.2, 0.25) is 0 Å². The zero-order valence-corrected chi connectivity index (χ0v) is 14.8. The molecule has 0 spiro atoms. The average molecular weight is 340 g/mol. The second-order valence-electron chi connectivity index (χ2n) is 6.79. The number of piperidine rings is 1. The minimum atomic E-state index is -0.129. The molecule has 2 fully saturated rings. The van der Waals surface area contributed by atoms with Crippen LogP contribution in [0.4, 0.5) is 9.59 Å². The standard InChI is InChI=1S/C17H32N4O3/c1-24-13-5-10-18-16(22)19-15-8-11-21(12-9-15)17(23)20-14-6-3-2-4-7-14/h14-15H,2-13H2,1H3,(H,20,23)(H2,18,19,22). The molecule has 3 N–H and O–H groups in total. The second-order valence-corrected chi connectivity index (χ2v) is 6.79. The van der Waals surface area contributed by atoms with Crippen LogP contribution in [0.5, 0.6) is 0 Å². The summed E-state index contributed by atoms with van der Waals surface area (Å²) in [6, 6.07) is 0.423. The molecule has 4 amide bonds. The van der Waals surface area contributed by atoms with Crippen LogP contribution in [-0.4, -0.2) is 62.4 Å². The van der Waals surface area contributed by atoms with Crippen LogP contribution in [0.3, 0.4) is 0 Å². The number of amides is 4. The van der Waals surface area contributed by atoms with E-state index in [4.69, 9.17) is 4.74 Å². The summed E-state index contributed by atoms with van der Waals surface area (Å²) in [5, 5.41) is 8.98. The van der Waals surface area contributed by atoms with Crippen molar-refractivity contribution in [3.63, 3.8) is 0 Å². The maximum absolute atomic E-state index is 12.3. The van der Waals surface area contributed by atoms with E-state index >= 15 is 0 Å². The van der Waals surface area contributed by atoms with Gasteiger partial charge in [0.05, 0.1) is 0 Å². The Morgan fingerprint density at radius 2 is 1.67 bits per heavy atom. The van der Waals surface area contributed by atoms with Gasteiger partial charge in [-0.3, -0.25) is 0 Å². The molecule has 0 aromatic carbocycles. The van der Waals surface area contributed by atoms with E-state index in [2.05, 4.69) is 16.0 Å². The highest BCUT2D eigenvalue weighted by atomic mass is 16.5. The van der Waals surface area contributed by atoms with Crippen molar-refractivity contribution >= 4 is 12.1 Å². The lowest BCUT2D eigenvalue weighted by atomic mass is 9.95. The van der Waals surface area contributed by atoms with E-state index in [1.807, 2.05) is 4.90 Å². The lowest BCUT2D eigenvalue weighted by Gasteiger charge is -2.34. The SMILES string of the molecule is COCCCNC(=O)NC1CCN(C(=O)NC2CCCCC2)CC1. The fourth-order valence-electron chi connectivity index (χ4n) is 3.39. The molecule has 2 aliphatic rings. The number of hydrogen-bond acceptors (Lipinski definition) is 3. The molecule has 24 heavy (non-hydrogen) atoms. The van der Waals surface area contributed by atoms with E-state index in [1.165, 1.54) is 19.3 Å². The number of carbonyl (C=O) groups is 2. The number of nitrogens with zero attached hydrogens (tertiary/aromatic N) is 1. The molecule has 7 heteroatoms. The first-order valence-corrected chi connectivity index (χ1v) is 9.28. The normalized spacial score (nSPS) is 19.8. The van der Waals surface area contributed by atoms with Gasteiger partial charge in [0.25, 0.3) is 0 Å². The first-order valence-electron chi connectivity index (χ1n) is 9.28. The van der Waals surface area contributed by atoms with Crippen molar-refractivity contribution in [2.75, 3.05) is 33.4 Å². The van der Waals surface area contributed by atoms with Gasteiger partial charge in [-0.05, 0) is 32.1 Å². The highest BCUT2D eigenvalue weighted by Crippen LogP contribution is 2.18. The van der Waals surface area contributed by atoms with Crippen LogP contribution >= 0.6 is 0 Å². The van der Waals surface area contributed by atoms with Crippen LogP contribution in [0, 0.1) is 0 Å². The summed E-state index contributed by atoms with van der Waals surface area (Å²) in [5.74, 6) is 0. The Bertz CT molecular complexity index is 391. The van der Waals surface area contributed by atoms with E-state index < -0.39 is 0 Å². The molecular formula is C17H32N4O3. The Kier molecular flexibility index (Phi) is 8.15. The second kappa shape index (κ2) is 10.4. The molecule has 7 nitrogen and oxygen atoms in total. The molecule has 0 bridgehead atoms. The number of nitrogens with one attached hydrogen (secondary N) is 3. The van der Waals surface area contributed by atoms with Crippen molar-refractivity contribution in [1.29, 1.82) is 0 Å². The maximum atomic E-state index is 12.3. The average Bonchev–Trinajstić information content (AvgIpc) is 2.60. The molecule has 1 saturated carbocycles. The minimum absolute atomic E-state index is 0.0596. The van der Waals surface area contributed by atoms with Gasteiger partial charge in [-0.1, -0.05) is 19.3 Å². The van der Waals surface area contributed by atoms with E-state index in [0.717, 1.165) is 32.1 Å². The quantitative estimate of drug-likeness (QED) is 0.645. The summed E-state index contributed by atoms with van der Waals surface area (Å²) in [5.41, 5.74) is 0. The number of likely N-dealkylation sites (tertiary alicyclic amines) is 1. The highest BCUT2D eigenvalue weighted by Gasteiger charge is 2.25. The number of rotatable bonds is 6. The van der Waals surface area contributed by atoms with Gasteiger partial charge in [0.15, 0.2) is 0 Å². The molecular weight excluding hydrogens is 308 g/mol. The van der Waals surface area contributed by atoms with Gasteiger partial charge in [0.2, 0.25) is 0 Å². The van der Waals surface area contributed by atoms with Crippen molar-refractivity contribution in [2.24, 2.45) is 0 Å². The van der Waals surface area contributed by atoms with Crippen LogP contribution < -0.4 is 16.0 Å². The summed E-state index contributed by atoms with van der Waals surface area (Å²) in [6.07, 6.45) is 8.36. The summed E-state index contributed by atoms with van der Waals surface area (Å²) in [6.45, 7) is 2.66.